The van der Waals surface area contributed by atoms with Gasteiger partial charge in [-0.3, -0.25) is 9.59 Å². The Kier molecular flexibility index (Phi) is 4.33. The van der Waals surface area contributed by atoms with Crippen molar-refractivity contribution in [3.63, 3.8) is 0 Å². The summed E-state index contributed by atoms with van der Waals surface area (Å²) in [5, 5.41) is 2.57. The summed E-state index contributed by atoms with van der Waals surface area (Å²) in [6.45, 7) is 2.13. The fraction of sp³-hybridized carbons (Fsp3) is 0.273. The van der Waals surface area contributed by atoms with E-state index < -0.39 is 5.91 Å². The second kappa shape index (κ2) is 5.74. The summed E-state index contributed by atoms with van der Waals surface area (Å²) in [6, 6.07) is 4.46. The Labute approximate surface area is 98.9 Å². The minimum atomic E-state index is -0.629. The summed E-state index contributed by atoms with van der Waals surface area (Å²) in [7, 11) is 0. The molecule has 5 N–H and O–H groups in total. The number of hydrogen-bond donors (Lipinski definition) is 3. The third kappa shape index (κ3) is 3.67. The summed E-state index contributed by atoms with van der Waals surface area (Å²) >= 11 is 0. The predicted molar refractivity (Wildman–Crippen MR) is 63.6 cm³/mol. The Balaban J connectivity index is 2.78. The molecule has 0 unspecified atom stereocenters. The lowest BCUT2D eigenvalue weighted by molar-refractivity contribution is -0.122. The normalized spacial score (nSPS) is 9.71. The van der Waals surface area contributed by atoms with Gasteiger partial charge in [-0.25, -0.2) is 0 Å². The maximum Gasteiger partial charge on any atom is 0.257 e. The van der Waals surface area contributed by atoms with Crippen molar-refractivity contribution >= 4 is 17.5 Å². The maximum atomic E-state index is 11.2. The fourth-order valence-electron chi connectivity index (χ4n) is 1.25. The van der Waals surface area contributed by atoms with Crippen LogP contribution < -0.4 is 21.5 Å². The molecule has 92 valence electrons. The van der Waals surface area contributed by atoms with E-state index in [1.54, 1.807) is 13.0 Å². The molecule has 6 nitrogen and oxygen atoms in total. The zero-order chi connectivity index (χ0) is 12.8. The largest absolute Gasteiger partial charge is 0.483 e. The van der Waals surface area contributed by atoms with E-state index in [1.165, 1.54) is 12.1 Å². The van der Waals surface area contributed by atoms with E-state index in [-0.39, 0.29) is 23.8 Å². The first-order chi connectivity index (χ1) is 8.04. The number of carbonyl (C=O) groups excluding carboxylic acids is 2. The molecule has 0 aromatic heterocycles. The van der Waals surface area contributed by atoms with E-state index in [0.29, 0.717) is 12.2 Å². The Morgan fingerprint density at radius 1 is 1.41 bits per heavy atom. The second-order valence-electron chi connectivity index (χ2n) is 3.36. The Morgan fingerprint density at radius 3 is 2.71 bits per heavy atom. The van der Waals surface area contributed by atoms with E-state index in [2.05, 4.69) is 5.32 Å². The van der Waals surface area contributed by atoms with Crippen LogP contribution in [-0.2, 0) is 4.79 Å². The van der Waals surface area contributed by atoms with Gasteiger partial charge in [0.25, 0.3) is 11.8 Å². The molecule has 0 aliphatic heterocycles. The maximum absolute atomic E-state index is 11.2. The topological polar surface area (TPSA) is 107 Å². The van der Waals surface area contributed by atoms with Gasteiger partial charge in [-0.2, -0.15) is 0 Å². The van der Waals surface area contributed by atoms with Crippen LogP contribution in [0.5, 0.6) is 5.75 Å². The SMILES string of the molecule is CCNC(=O)COc1cc(N)ccc1C(N)=O. The highest BCUT2D eigenvalue weighted by Crippen LogP contribution is 2.21. The van der Waals surface area contributed by atoms with Crippen molar-refractivity contribution in [2.45, 2.75) is 6.92 Å². The zero-order valence-electron chi connectivity index (χ0n) is 9.53. The van der Waals surface area contributed by atoms with Crippen LogP contribution in [0, 0.1) is 0 Å². The van der Waals surface area contributed by atoms with Crippen molar-refractivity contribution in [3.05, 3.63) is 23.8 Å². The molecule has 2 amide bonds. The van der Waals surface area contributed by atoms with Gasteiger partial charge in [0.1, 0.15) is 5.75 Å². The van der Waals surface area contributed by atoms with Gasteiger partial charge in [-0.1, -0.05) is 0 Å². The number of rotatable bonds is 5. The number of nitrogen functional groups attached to an aromatic ring is 1. The number of nitrogens with one attached hydrogen (secondary N) is 1. The lowest BCUT2D eigenvalue weighted by Crippen LogP contribution is -2.28. The van der Waals surface area contributed by atoms with E-state index in [9.17, 15) is 9.59 Å². The summed E-state index contributed by atoms with van der Waals surface area (Å²) in [5.41, 5.74) is 11.4. The monoisotopic (exact) mass is 237 g/mol. The van der Waals surface area contributed by atoms with Crippen molar-refractivity contribution in [2.75, 3.05) is 18.9 Å². The highest BCUT2D eigenvalue weighted by atomic mass is 16.5. The Bertz CT molecular complexity index is 432. The van der Waals surface area contributed by atoms with Crippen LogP contribution >= 0.6 is 0 Å². The molecule has 0 saturated carbocycles. The first kappa shape index (κ1) is 12.8. The third-order valence-electron chi connectivity index (χ3n) is 2.00. The van der Waals surface area contributed by atoms with Gasteiger partial charge in [-0.05, 0) is 19.1 Å². The van der Waals surface area contributed by atoms with Gasteiger partial charge in [0.2, 0.25) is 0 Å². The smallest absolute Gasteiger partial charge is 0.257 e. The number of benzene rings is 1. The lowest BCUT2D eigenvalue weighted by atomic mass is 10.2. The van der Waals surface area contributed by atoms with Crippen LogP contribution in [0.3, 0.4) is 0 Å². The van der Waals surface area contributed by atoms with E-state index in [0.717, 1.165) is 0 Å². The number of hydrogen-bond acceptors (Lipinski definition) is 4. The van der Waals surface area contributed by atoms with E-state index in [1.807, 2.05) is 0 Å². The molecule has 0 radical (unpaired) electrons. The first-order valence-corrected chi connectivity index (χ1v) is 5.13. The van der Waals surface area contributed by atoms with Crippen LogP contribution in [0.2, 0.25) is 0 Å². The molecule has 6 heteroatoms. The third-order valence-corrected chi connectivity index (χ3v) is 2.00. The average Bonchev–Trinajstić information content (AvgIpc) is 2.26. The van der Waals surface area contributed by atoms with Gasteiger partial charge in [0, 0.05) is 18.3 Å². The van der Waals surface area contributed by atoms with E-state index in [4.69, 9.17) is 16.2 Å². The second-order valence-corrected chi connectivity index (χ2v) is 3.36. The first-order valence-electron chi connectivity index (χ1n) is 5.13. The molecule has 17 heavy (non-hydrogen) atoms. The molecule has 0 saturated heterocycles. The summed E-state index contributed by atoms with van der Waals surface area (Å²) in [4.78, 5) is 22.3. The number of ether oxygens (including phenoxy) is 1. The van der Waals surface area contributed by atoms with Crippen molar-refractivity contribution in [1.29, 1.82) is 0 Å². The van der Waals surface area contributed by atoms with Gasteiger partial charge in [0.15, 0.2) is 6.61 Å². The minimum Gasteiger partial charge on any atom is -0.483 e. The average molecular weight is 237 g/mol. The van der Waals surface area contributed by atoms with Crippen LogP contribution in [0.1, 0.15) is 17.3 Å². The number of amides is 2. The molecule has 0 aliphatic rings. The van der Waals surface area contributed by atoms with Crippen LogP contribution in [0.15, 0.2) is 18.2 Å². The number of primary amides is 1. The Hall–Kier alpha value is -2.24. The van der Waals surface area contributed by atoms with Crippen molar-refractivity contribution in [3.8, 4) is 5.75 Å². The zero-order valence-corrected chi connectivity index (χ0v) is 9.53. The van der Waals surface area contributed by atoms with Crippen molar-refractivity contribution < 1.29 is 14.3 Å². The predicted octanol–water partition coefficient (Wildman–Crippen LogP) is -0.117. The minimum absolute atomic E-state index is 0.183. The quantitative estimate of drug-likeness (QED) is 0.620. The number of likely N-dealkylation sites (N-methyl/N-ethyl adjacent to an activating group) is 1. The standard InChI is InChI=1S/C11H15N3O3/c1-2-14-10(15)6-17-9-5-7(12)3-4-8(9)11(13)16/h3-5H,2,6,12H2,1H3,(H2,13,16)(H,14,15). The molecule has 1 aromatic rings. The molecule has 1 rings (SSSR count). The van der Waals surface area contributed by atoms with Gasteiger partial charge >= 0.3 is 0 Å². The molecule has 0 fully saturated rings. The molecule has 0 bridgehead atoms. The Morgan fingerprint density at radius 2 is 2.12 bits per heavy atom. The van der Waals surface area contributed by atoms with Crippen LogP contribution in [-0.4, -0.2) is 25.0 Å². The fourth-order valence-corrected chi connectivity index (χ4v) is 1.25. The molecule has 1 aromatic carbocycles. The summed E-state index contributed by atoms with van der Waals surface area (Å²) in [5.74, 6) is -0.690. The highest BCUT2D eigenvalue weighted by Gasteiger charge is 2.11. The highest BCUT2D eigenvalue weighted by molar-refractivity contribution is 5.96. The molecular formula is C11H15N3O3. The molecule has 0 aliphatic carbocycles. The number of nitrogens with two attached hydrogens (primary N) is 2. The molecular weight excluding hydrogens is 222 g/mol. The molecule has 0 atom stereocenters. The van der Waals surface area contributed by atoms with Crippen molar-refractivity contribution in [2.24, 2.45) is 5.73 Å². The summed E-state index contributed by atoms with van der Waals surface area (Å²) in [6.07, 6.45) is 0. The van der Waals surface area contributed by atoms with Crippen LogP contribution in [0.4, 0.5) is 5.69 Å². The number of carbonyl (C=O) groups is 2. The summed E-state index contributed by atoms with van der Waals surface area (Å²) < 4.78 is 5.20. The molecule has 0 heterocycles. The van der Waals surface area contributed by atoms with Crippen LogP contribution in [0.25, 0.3) is 0 Å². The van der Waals surface area contributed by atoms with Gasteiger partial charge in [-0.15, -0.1) is 0 Å². The van der Waals surface area contributed by atoms with E-state index >= 15 is 0 Å². The number of anilines is 1. The lowest BCUT2D eigenvalue weighted by Gasteiger charge is -2.10. The van der Waals surface area contributed by atoms with Crippen molar-refractivity contribution in [1.82, 2.24) is 5.32 Å². The van der Waals surface area contributed by atoms with Gasteiger partial charge in [0.05, 0.1) is 5.56 Å². The van der Waals surface area contributed by atoms with Gasteiger partial charge < -0.3 is 21.5 Å². The molecule has 0 spiro atoms.